The maximum atomic E-state index is 5.70. The highest BCUT2D eigenvalue weighted by atomic mass is 16.5. The molecule has 0 amide bonds. The van der Waals surface area contributed by atoms with Gasteiger partial charge in [-0.25, -0.2) is 0 Å². The summed E-state index contributed by atoms with van der Waals surface area (Å²) in [6.45, 7) is 13.6. The first-order valence-corrected chi connectivity index (χ1v) is 4.97. The van der Waals surface area contributed by atoms with Crippen LogP contribution in [0.1, 0.15) is 40.5 Å². The van der Waals surface area contributed by atoms with Crippen LogP contribution < -0.4 is 0 Å². The summed E-state index contributed by atoms with van der Waals surface area (Å²) >= 11 is 0. The average molecular weight is 171 g/mol. The Morgan fingerprint density at radius 1 is 1.08 bits per heavy atom. The van der Waals surface area contributed by atoms with Gasteiger partial charge >= 0.3 is 0 Å². The van der Waals surface area contributed by atoms with Gasteiger partial charge in [-0.1, -0.05) is 34.6 Å². The monoisotopic (exact) mass is 171 g/mol. The molecule has 0 saturated heterocycles. The van der Waals surface area contributed by atoms with Crippen molar-refractivity contribution in [1.29, 1.82) is 0 Å². The van der Waals surface area contributed by atoms with Gasteiger partial charge in [0, 0.05) is 6.61 Å². The fraction of sp³-hybridized carbons (Fsp3) is 0.909. The fourth-order valence-electron chi connectivity index (χ4n) is 1.12. The van der Waals surface area contributed by atoms with Crippen LogP contribution in [0.3, 0.4) is 0 Å². The van der Waals surface area contributed by atoms with E-state index in [-0.39, 0.29) is 0 Å². The zero-order valence-corrected chi connectivity index (χ0v) is 8.97. The molecule has 0 aromatic carbocycles. The van der Waals surface area contributed by atoms with Gasteiger partial charge in [-0.2, -0.15) is 0 Å². The van der Waals surface area contributed by atoms with Crippen molar-refractivity contribution in [3.05, 3.63) is 6.92 Å². The molecule has 0 N–H and O–H groups in total. The molecule has 0 aliphatic rings. The Balaban J connectivity index is 3.53. The number of hydrogen-bond acceptors (Lipinski definition) is 1. The summed E-state index contributed by atoms with van der Waals surface area (Å²) in [7, 11) is 0. The van der Waals surface area contributed by atoms with Gasteiger partial charge in [-0.05, 0) is 24.7 Å². The summed E-state index contributed by atoms with van der Waals surface area (Å²) in [6, 6.07) is 0. The summed E-state index contributed by atoms with van der Waals surface area (Å²) in [5.41, 5.74) is 0. The SMILES string of the molecule is [CH2]CC(CC(C)C)OCC(C)C. The van der Waals surface area contributed by atoms with Crippen molar-refractivity contribution in [2.45, 2.75) is 46.6 Å². The molecule has 0 saturated carbocycles. The minimum atomic E-state index is 0.368. The molecular weight excluding hydrogens is 148 g/mol. The van der Waals surface area contributed by atoms with E-state index in [0.717, 1.165) is 19.4 Å². The first-order chi connectivity index (χ1) is 5.56. The zero-order valence-electron chi connectivity index (χ0n) is 8.97. The molecule has 0 bridgehead atoms. The summed E-state index contributed by atoms with van der Waals surface area (Å²) < 4.78 is 5.70. The molecule has 0 heterocycles. The third kappa shape index (κ3) is 6.66. The Hall–Kier alpha value is -0.0400. The fourth-order valence-corrected chi connectivity index (χ4v) is 1.12. The molecule has 1 nitrogen and oxygen atoms in total. The summed E-state index contributed by atoms with van der Waals surface area (Å²) in [6.07, 6.45) is 2.40. The van der Waals surface area contributed by atoms with E-state index in [1.54, 1.807) is 0 Å². The molecule has 73 valence electrons. The van der Waals surface area contributed by atoms with Crippen LogP contribution in [0.2, 0.25) is 0 Å². The van der Waals surface area contributed by atoms with Crippen molar-refractivity contribution in [3.8, 4) is 0 Å². The van der Waals surface area contributed by atoms with Crippen LogP contribution in [0, 0.1) is 18.8 Å². The second-order valence-corrected chi connectivity index (χ2v) is 4.27. The van der Waals surface area contributed by atoms with E-state index in [2.05, 4.69) is 34.6 Å². The lowest BCUT2D eigenvalue weighted by molar-refractivity contribution is 0.0249. The van der Waals surface area contributed by atoms with Crippen LogP contribution in [0.15, 0.2) is 0 Å². The van der Waals surface area contributed by atoms with Crippen molar-refractivity contribution in [2.24, 2.45) is 11.8 Å². The summed E-state index contributed by atoms with van der Waals surface area (Å²) in [4.78, 5) is 0. The van der Waals surface area contributed by atoms with Gasteiger partial charge in [0.15, 0.2) is 0 Å². The third-order valence-corrected chi connectivity index (χ3v) is 1.72. The number of ether oxygens (including phenoxy) is 1. The molecule has 0 fully saturated rings. The molecule has 1 heteroatoms. The zero-order chi connectivity index (χ0) is 9.56. The quantitative estimate of drug-likeness (QED) is 0.596. The van der Waals surface area contributed by atoms with Crippen LogP contribution in [-0.4, -0.2) is 12.7 Å². The second kappa shape index (κ2) is 6.47. The molecule has 1 unspecified atom stereocenters. The standard InChI is InChI=1S/C11H23O/c1-6-11(7-9(2)3)12-8-10(4)5/h9-11H,1,6-8H2,2-5H3. The van der Waals surface area contributed by atoms with E-state index in [1.165, 1.54) is 0 Å². The van der Waals surface area contributed by atoms with E-state index in [0.29, 0.717) is 17.9 Å². The number of rotatable bonds is 6. The largest absolute Gasteiger partial charge is 0.378 e. The van der Waals surface area contributed by atoms with Gasteiger partial charge < -0.3 is 4.74 Å². The lowest BCUT2D eigenvalue weighted by Gasteiger charge is -2.19. The van der Waals surface area contributed by atoms with Crippen LogP contribution in [0.5, 0.6) is 0 Å². The lowest BCUT2D eigenvalue weighted by Crippen LogP contribution is -2.17. The van der Waals surface area contributed by atoms with Crippen molar-refractivity contribution in [1.82, 2.24) is 0 Å². The molecule has 0 rings (SSSR count). The predicted molar refractivity (Wildman–Crippen MR) is 54.0 cm³/mol. The highest BCUT2D eigenvalue weighted by molar-refractivity contribution is 4.62. The van der Waals surface area contributed by atoms with E-state index in [1.807, 2.05) is 0 Å². The van der Waals surface area contributed by atoms with Gasteiger partial charge in [0.1, 0.15) is 0 Å². The molecule has 12 heavy (non-hydrogen) atoms. The Labute approximate surface area is 77.5 Å². The van der Waals surface area contributed by atoms with Crippen molar-refractivity contribution >= 4 is 0 Å². The molecule has 0 spiro atoms. The van der Waals surface area contributed by atoms with Gasteiger partial charge in [0.25, 0.3) is 0 Å². The van der Waals surface area contributed by atoms with E-state index in [4.69, 9.17) is 4.74 Å². The van der Waals surface area contributed by atoms with Gasteiger partial charge in [-0.3, -0.25) is 0 Å². The number of hydrogen-bond donors (Lipinski definition) is 0. The first kappa shape index (κ1) is 12.0. The maximum absolute atomic E-state index is 5.70. The summed E-state index contributed by atoms with van der Waals surface area (Å²) in [5, 5.41) is 0. The predicted octanol–water partition coefficient (Wildman–Crippen LogP) is 3.30. The van der Waals surface area contributed by atoms with Crippen LogP contribution in [0.4, 0.5) is 0 Å². The van der Waals surface area contributed by atoms with Crippen molar-refractivity contribution in [2.75, 3.05) is 6.61 Å². The Morgan fingerprint density at radius 2 is 1.67 bits per heavy atom. The molecule has 1 radical (unpaired) electrons. The van der Waals surface area contributed by atoms with E-state index in [9.17, 15) is 0 Å². The lowest BCUT2D eigenvalue weighted by atomic mass is 10.0. The van der Waals surface area contributed by atoms with E-state index >= 15 is 0 Å². The molecule has 0 aliphatic carbocycles. The first-order valence-electron chi connectivity index (χ1n) is 4.97. The molecular formula is C11H23O. The highest BCUT2D eigenvalue weighted by Gasteiger charge is 2.09. The maximum Gasteiger partial charge on any atom is 0.0577 e. The van der Waals surface area contributed by atoms with Crippen molar-refractivity contribution < 1.29 is 4.74 Å². The van der Waals surface area contributed by atoms with Crippen LogP contribution in [-0.2, 0) is 4.74 Å². The highest BCUT2D eigenvalue weighted by Crippen LogP contribution is 2.12. The second-order valence-electron chi connectivity index (χ2n) is 4.27. The van der Waals surface area contributed by atoms with Gasteiger partial charge in [0.2, 0.25) is 0 Å². The minimum Gasteiger partial charge on any atom is -0.378 e. The van der Waals surface area contributed by atoms with Gasteiger partial charge in [0.05, 0.1) is 6.10 Å². The Bertz CT molecular complexity index is 97.2. The van der Waals surface area contributed by atoms with Crippen LogP contribution in [0.25, 0.3) is 0 Å². The van der Waals surface area contributed by atoms with E-state index < -0.39 is 0 Å². The Morgan fingerprint density at radius 3 is 2.00 bits per heavy atom. The minimum absolute atomic E-state index is 0.368. The Kier molecular flexibility index (Phi) is 6.45. The van der Waals surface area contributed by atoms with Crippen molar-refractivity contribution in [3.63, 3.8) is 0 Å². The molecule has 1 atom stereocenters. The van der Waals surface area contributed by atoms with Gasteiger partial charge in [-0.15, -0.1) is 0 Å². The van der Waals surface area contributed by atoms with Crippen LogP contribution >= 0.6 is 0 Å². The average Bonchev–Trinajstić information content (AvgIpc) is 1.97. The smallest absolute Gasteiger partial charge is 0.0577 e. The normalized spacial score (nSPS) is 14.2. The summed E-state index contributed by atoms with van der Waals surface area (Å²) in [5.74, 6) is 1.34. The molecule has 0 aromatic heterocycles. The molecule has 0 aromatic rings. The third-order valence-electron chi connectivity index (χ3n) is 1.72. The molecule has 0 aliphatic heterocycles. The topological polar surface area (TPSA) is 9.23 Å².